The molecule has 3 atom stereocenters. The molecular formula is C26H33NO5S. The molecule has 1 N–H and O–H groups in total. The van der Waals surface area contributed by atoms with Crippen molar-refractivity contribution >= 4 is 29.5 Å². The van der Waals surface area contributed by atoms with E-state index in [9.17, 15) is 14.4 Å². The number of dihydropyridines is 1. The number of benzene rings is 1. The molecule has 0 bridgehead atoms. The fraction of sp³-hybridized carbons (Fsp3) is 0.500. The summed E-state index contributed by atoms with van der Waals surface area (Å²) in [5.41, 5.74) is 4.34. The van der Waals surface area contributed by atoms with Crippen LogP contribution in [0.1, 0.15) is 51.2 Å². The van der Waals surface area contributed by atoms with Crippen LogP contribution in [0.2, 0.25) is 0 Å². The summed E-state index contributed by atoms with van der Waals surface area (Å²) in [5, 5.41) is 3.29. The maximum absolute atomic E-state index is 13.7. The largest absolute Gasteiger partial charge is 0.468 e. The Labute approximate surface area is 200 Å². The van der Waals surface area contributed by atoms with Crippen molar-refractivity contribution in [3.05, 3.63) is 57.9 Å². The Morgan fingerprint density at radius 2 is 1.88 bits per heavy atom. The maximum Gasteiger partial charge on any atom is 0.336 e. The molecule has 1 aliphatic heterocycles. The number of hydrogen-bond donors (Lipinski definition) is 1. The third-order valence-corrected chi connectivity index (χ3v) is 7.21. The average Bonchev–Trinajstić information content (AvgIpc) is 2.80. The summed E-state index contributed by atoms with van der Waals surface area (Å²) in [6.45, 7) is 8.16. The molecule has 0 saturated heterocycles. The van der Waals surface area contributed by atoms with Gasteiger partial charge in [-0.2, -0.15) is 11.8 Å². The van der Waals surface area contributed by atoms with Crippen LogP contribution in [0, 0.1) is 11.8 Å². The lowest BCUT2D eigenvalue weighted by Crippen LogP contribution is -2.43. The van der Waals surface area contributed by atoms with Gasteiger partial charge in [-0.3, -0.25) is 9.59 Å². The number of carbonyl (C=O) groups excluding carboxylic acids is 3. The van der Waals surface area contributed by atoms with Crippen LogP contribution < -0.4 is 5.32 Å². The molecule has 0 aromatic heterocycles. The van der Waals surface area contributed by atoms with E-state index < -0.39 is 23.8 Å². The van der Waals surface area contributed by atoms with E-state index in [-0.39, 0.29) is 11.7 Å². The van der Waals surface area contributed by atoms with Crippen LogP contribution in [-0.4, -0.2) is 42.9 Å². The van der Waals surface area contributed by atoms with Gasteiger partial charge >= 0.3 is 11.9 Å². The van der Waals surface area contributed by atoms with Crippen molar-refractivity contribution in [2.45, 2.75) is 46.5 Å². The minimum Gasteiger partial charge on any atom is -0.468 e. The number of ether oxygens (including phenoxy) is 2. The van der Waals surface area contributed by atoms with Crippen molar-refractivity contribution in [3.63, 3.8) is 0 Å². The molecule has 0 amide bonds. The van der Waals surface area contributed by atoms with Gasteiger partial charge in [-0.05, 0) is 42.6 Å². The van der Waals surface area contributed by atoms with E-state index in [1.165, 1.54) is 12.7 Å². The molecule has 6 nitrogen and oxygen atoms in total. The topological polar surface area (TPSA) is 81.7 Å². The maximum atomic E-state index is 13.7. The molecule has 3 rings (SSSR count). The number of carbonyl (C=O) groups is 3. The zero-order valence-corrected chi connectivity index (χ0v) is 20.8. The van der Waals surface area contributed by atoms with Gasteiger partial charge in [0, 0.05) is 28.6 Å². The van der Waals surface area contributed by atoms with Gasteiger partial charge in [0.15, 0.2) is 5.78 Å². The van der Waals surface area contributed by atoms with Crippen LogP contribution in [-0.2, 0) is 30.3 Å². The third kappa shape index (κ3) is 5.18. The fourth-order valence-corrected chi connectivity index (χ4v) is 5.14. The highest BCUT2D eigenvalue weighted by atomic mass is 32.2. The van der Waals surface area contributed by atoms with Gasteiger partial charge in [0.05, 0.1) is 12.7 Å². The number of rotatable bonds is 8. The molecule has 1 aromatic carbocycles. The van der Waals surface area contributed by atoms with Crippen LogP contribution in [0.15, 0.2) is 46.8 Å². The Kier molecular flexibility index (Phi) is 8.40. The third-order valence-electron chi connectivity index (χ3n) is 6.35. The van der Waals surface area contributed by atoms with Gasteiger partial charge in [-0.1, -0.05) is 45.0 Å². The standard InChI is InChI=1S/C26H33NO5S/c1-6-17-8-10-18(11-9-17)22-21(26(30)32-12-13-33-7-2)16(4)27-19-14-15(3)20(25(29)31-5)24(28)23(19)22/h8-11,15,20,22,27H,6-7,12-14H2,1-5H3/t15-,20-,22+/m0/s1. The second-order valence-electron chi connectivity index (χ2n) is 8.46. The molecule has 178 valence electrons. The van der Waals surface area contributed by atoms with Crippen LogP contribution >= 0.6 is 11.8 Å². The van der Waals surface area contributed by atoms with Crippen molar-refractivity contribution in [1.29, 1.82) is 0 Å². The summed E-state index contributed by atoms with van der Waals surface area (Å²) in [5.74, 6) is -1.27. The lowest BCUT2D eigenvalue weighted by atomic mass is 9.69. The van der Waals surface area contributed by atoms with E-state index >= 15 is 0 Å². The predicted molar refractivity (Wildman–Crippen MR) is 130 cm³/mol. The number of thioether (sulfide) groups is 1. The quantitative estimate of drug-likeness (QED) is 0.346. The van der Waals surface area contributed by atoms with E-state index in [0.717, 1.165) is 23.4 Å². The fourth-order valence-electron chi connectivity index (χ4n) is 4.65. The molecule has 1 aromatic rings. The minimum absolute atomic E-state index is 0.202. The van der Waals surface area contributed by atoms with Crippen LogP contribution in [0.3, 0.4) is 0 Å². The smallest absolute Gasteiger partial charge is 0.336 e. The Morgan fingerprint density at radius 3 is 2.48 bits per heavy atom. The van der Waals surface area contributed by atoms with E-state index in [4.69, 9.17) is 9.47 Å². The molecule has 7 heteroatoms. The Bertz CT molecular complexity index is 979. The molecule has 33 heavy (non-hydrogen) atoms. The van der Waals surface area contributed by atoms with Crippen LogP contribution in [0.4, 0.5) is 0 Å². The van der Waals surface area contributed by atoms with E-state index in [0.29, 0.717) is 35.6 Å². The second kappa shape index (κ2) is 11.1. The first kappa shape index (κ1) is 25.1. The molecule has 1 heterocycles. The molecule has 0 saturated carbocycles. The average molecular weight is 472 g/mol. The van der Waals surface area contributed by atoms with Gasteiger partial charge in [0.25, 0.3) is 0 Å². The lowest BCUT2D eigenvalue weighted by molar-refractivity contribution is -0.151. The highest BCUT2D eigenvalue weighted by molar-refractivity contribution is 7.99. The lowest BCUT2D eigenvalue weighted by Gasteiger charge is -2.38. The van der Waals surface area contributed by atoms with Gasteiger partial charge < -0.3 is 14.8 Å². The Morgan fingerprint density at radius 1 is 1.18 bits per heavy atom. The zero-order chi connectivity index (χ0) is 24.1. The molecule has 0 radical (unpaired) electrons. The van der Waals surface area contributed by atoms with Gasteiger partial charge in [0.1, 0.15) is 12.5 Å². The number of methoxy groups -OCH3 is 1. The number of ketones is 1. The zero-order valence-electron chi connectivity index (χ0n) is 20.0. The molecule has 0 spiro atoms. The van der Waals surface area contributed by atoms with Gasteiger partial charge in [-0.15, -0.1) is 0 Å². The molecule has 1 aliphatic carbocycles. The number of Topliss-reactive ketones (excluding diaryl/α,β-unsaturated/α-hetero) is 1. The van der Waals surface area contributed by atoms with Crippen molar-refractivity contribution in [2.24, 2.45) is 11.8 Å². The highest BCUT2D eigenvalue weighted by Crippen LogP contribution is 2.45. The SMILES string of the molecule is CCSCCOC(=O)C1=C(C)NC2=C(C(=O)[C@@H](C(=O)OC)[C@@H](C)C2)[C@@H]1c1ccc(CC)cc1. The van der Waals surface area contributed by atoms with Crippen molar-refractivity contribution in [2.75, 3.05) is 25.2 Å². The molecule has 0 fully saturated rings. The van der Waals surface area contributed by atoms with Gasteiger partial charge in [0.2, 0.25) is 0 Å². The molecule has 0 unspecified atom stereocenters. The van der Waals surface area contributed by atoms with E-state index in [2.05, 4.69) is 19.2 Å². The summed E-state index contributed by atoms with van der Waals surface area (Å²) in [6.07, 6.45) is 1.41. The first-order valence-electron chi connectivity index (χ1n) is 11.5. The normalized spacial score (nSPS) is 22.6. The van der Waals surface area contributed by atoms with Gasteiger partial charge in [-0.25, -0.2) is 4.79 Å². The number of aryl methyl sites for hydroxylation is 1. The summed E-state index contributed by atoms with van der Waals surface area (Å²) in [6, 6.07) is 7.96. The number of hydrogen-bond acceptors (Lipinski definition) is 7. The first-order chi connectivity index (χ1) is 15.8. The molecular weight excluding hydrogens is 438 g/mol. The summed E-state index contributed by atoms with van der Waals surface area (Å²) < 4.78 is 10.5. The summed E-state index contributed by atoms with van der Waals surface area (Å²) in [7, 11) is 1.30. The monoisotopic (exact) mass is 471 g/mol. The first-order valence-corrected chi connectivity index (χ1v) is 12.7. The van der Waals surface area contributed by atoms with E-state index in [1.807, 2.05) is 38.1 Å². The molecule has 2 aliphatic rings. The Balaban J connectivity index is 2.06. The van der Waals surface area contributed by atoms with E-state index in [1.54, 1.807) is 11.8 Å². The number of nitrogens with one attached hydrogen (secondary N) is 1. The summed E-state index contributed by atoms with van der Waals surface area (Å²) >= 11 is 1.70. The van der Waals surface area contributed by atoms with Crippen molar-refractivity contribution in [3.8, 4) is 0 Å². The van der Waals surface area contributed by atoms with Crippen molar-refractivity contribution < 1.29 is 23.9 Å². The highest BCUT2D eigenvalue weighted by Gasteiger charge is 2.47. The Hall–Kier alpha value is -2.54. The predicted octanol–water partition coefficient (Wildman–Crippen LogP) is 4.16. The summed E-state index contributed by atoms with van der Waals surface area (Å²) in [4.78, 5) is 39.4. The number of esters is 2. The van der Waals surface area contributed by atoms with Crippen LogP contribution in [0.25, 0.3) is 0 Å². The van der Waals surface area contributed by atoms with Crippen LogP contribution in [0.5, 0.6) is 0 Å². The minimum atomic E-state index is -0.885. The second-order valence-corrected chi connectivity index (χ2v) is 9.86. The number of allylic oxidation sites excluding steroid dienone is 3. The van der Waals surface area contributed by atoms with Crippen molar-refractivity contribution in [1.82, 2.24) is 5.32 Å².